The molecule has 0 radical (unpaired) electrons. The molecule has 0 saturated heterocycles. The average Bonchev–Trinajstić information content (AvgIpc) is 2.31. The van der Waals surface area contributed by atoms with Gasteiger partial charge in [-0.25, -0.2) is 4.68 Å². The van der Waals surface area contributed by atoms with Crippen molar-refractivity contribution in [1.29, 1.82) is 5.26 Å². The van der Waals surface area contributed by atoms with E-state index in [1.165, 1.54) is 0 Å². The lowest BCUT2D eigenvalue weighted by atomic mass is 10.3. The van der Waals surface area contributed by atoms with E-state index >= 15 is 0 Å². The summed E-state index contributed by atoms with van der Waals surface area (Å²) in [5.41, 5.74) is 0.512. The van der Waals surface area contributed by atoms with E-state index in [4.69, 9.17) is 5.26 Å². The molecule has 5 heteroatoms. The first kappa shape index (κ1) is 7.66. The Morgan fingerprint density at radius 3 is 2.64 bits per heavy atom. The molecule has 0 fully saturated rings. The normalized spacial score (nSPS) is 10.1. The second-order valence-corrected chi connectivity index (χ2v) is 2.03. The molecule has 11 heavy (non-hydrogen) atoms. The highest BCUT2D eigenvalue weighted by atomic mass is 19.3. The molecule has 0 aromatic carbocycles. The Kier molecular flexibility index (Phi) is 1.85. The van der Waals surface area contributed by atoms with Crippen LogP contribution in [0.1, 0.15) is 17.8 Å². The molecule has 1 rings (SSSR count). The summed E-state index contributed by atoms with van der Waals surface area (Å²) in [5, 5.41) is 11.7. The van der Waals surface area contributed by atoms with Crippen LogP contribution >= 0.6 is 0 Å². The fraction of sp³-hybridized carbons (Fsp3) is 0.333. The monoisotopic (exact) mass is 157 g/mol. The van der Waals surface area contributed by atoms with Crippen molar-refractivity contribution >= 4 is 0 Å². The highest BCUT2D eigenvalue weighted by molar-refractivity contribution is 5.27. The van der Waals surface area contributed by atoms with Crippen LogP contribution in [0, 0.1) is 18.3 Å². The zero-order chi connectivity index (χ0) is 8.43. The number of aryl methyl sites for hydroxylation is 1. The number of hydrogen-bond donors (Lipinski definition) is 0. The minimum atomic E-state index is -2.67. The summed E-state index contributed by atoms with van der Waals surface area (Å²) in [7, 11) is 0. The number of halogens is 2. The summed E-state index contributed by atoms with van der Waals surface area (Å²) >= 11 is 0. The minimum absolute atomic E-state index is 0.0466. The Hall–Kier alpha value is -1.44. The van der Waals surface area contributed by atoms with E-state index in [0.29, 0.717) is 10.2 Å². The lowest BCUT2D eigenvalue weighted by molar-refractivity contribution is 0.0564. The average molecular weight is 157 g/mol. The zero-order valence-corrected chi connectivity index (χ0v) is 5.75. The molecule has 0 atom stereocenters. The highest BCUT2D eigenvalue weighted by Gasteiger charge is 2.09. The van der Waals surface area contributed by atoms with E-state index in [-0.39, 0.29) is 5.69 Å². The lowest BCUT2D eigenvalue weighted by Crippen LogP contribution is -1.97. The molecular formula is C6H5F2N3. The maximum Gasteiger partial charge on any atom is 0.333 e. The van der Waals surface area contributed by atoms with Crippen LogP contribution in [-0.2, 0) is 0 Å². The third kappa shape index (κ3) is 1.34. The number of aromatic nitrogens is 2. The van der Waals surface area contributed by atoms with Crippen LogP contribution in [0.25, 0.3) is 0 Å². The molecule has 0 amide bonds. The summed E-state index contributed by atoms with van der Waals surface area (Å²) < 4.78 is 24.2. The standard InChI is InChI=1S/C6H5F2N3/c1-4-3-11(6(7)8)10-5(4)2-9/h3,6H,1H3. The van der Waals surface area contributed by atoms with Crippen LogP contribution in [-0.4, -0.2) is 9.78 Å². The third-order valence-electron chi connectivity index (χ3n) is 1.22. The summed E-state index contributed by atoms with van der Waals surface area (Å²) in [6, 6.07) is 1.71. The number of nitrogens with zero attached hydrogens (tertiary/aromatic N) is 3. The van der Waals surface area contributed by atoms with E-state index in [2.05, 4.69) is 5.10 Å². The van der Waals surface area contributed by atoms with Crippen molar-refractivity contribution in [3.8, 4) is 6.07 Å². The van der Waals surface area contributed by atoms with Crippen molar-refractivity contribution in [2.75, 3.05) is 0 Å². The van der Waals surface area contributed by atoms with E-state index in [0.717, 1.165) is 6.20 Å². The van der Waals surface area contributed by atoms with Gasteiger partial charge in [-0.2, -0.15) is 19.1 Å². The predicted octanol–water partition coefficient (Wildman–Crippen LogP) is 1.46. The number of alkyl halides is 2. The van der Waals surface area contributed by atoms with Gasteiger partial charge in [-0.15, -0.1) is 0 Å². The first-order chi connectivity index (χ1) is 5.15. The van der Waals surface area contributed by atoms with E-state index in [1.54, 1.807) is 13.0 Å². The maximum atomic E-state index is 11.9. The summed E-state index contributed by atoms with van der Waals surface area (Å²) in [6.07, 6.45) is 1.14. The second kappa shape index (κ2) is 2.66. The molecule has 1 heterocycles. The van der Waals surface area contributed by atoms with Gasteiger partial charge in [-0.1, -0.05) is 0 Å². The Balaban J connectivity index is 3.07. The van der Waals surface area contributed by atoms with Gasteiger partial charge in [0, 0.05) is 11.8 Å². The topological polar surface area (TPSA) is 41.6 Å². The predicted molar refractivity (Wildman–Crippen MR) is 32.9 cm³/mol. The second-order valence-electron chi connectivity index (χ2n) is 2.03. The van der Waals surface area contributed by atoms with Gasteiger partial charge in [0.15, 0.2) is 5.69 Å². The van der Waals surface area contributed by atoms with Crippen molar-refractivity contribution in [1.82, 2.24) is 9.78 Å². The smallest absolute Gasteiger partial charge is 0.210 e. The molecule has 1 aromatic rings. The van der Waals surface area contributed by atoms with Gasteiger partial charge in [0.05, 0.1) is 0 Å². The van der Waals surface area contributed by atoms with Crippen LogP contribution in [0.4, 0.5) is 8.78 Å². The number of rotatable bonds is 1. The Labute approximate surface area is 61.9 Å². The quantitative estimate of drug-likeness (QED) is 0.619. The van der Waals surface area contributed by atoms with Crippen LogP contribution in [0.5, 0.6) is 0 Å². The molecule has 0 aliphatic rings. The number of nitriles is 1. The van der Waals surface area contributed by atoms with E-state index < -0.39 is 6.55 Å². The summed E-state index contributed by atoms with van der Waals surface area (Å²) in [5.74, 6) is 0. The van der Waals surface area contributed by atoms with Gasteiger partial charge in [0.2, 0.25) is 0 Å². The van der Waals surface area contributed by atoms with Gasteiger partial charge in [0.25, 0.3) is 0 Å². The Bertz CT molecular complexity index is 297. The summed E-state index contributed by atoms with van der Waals surface area (Å²) in [6.45, 7) is -1.11. The molecule has 0 unspecified atom stereocenters. The van der Waals surface area contributed by atoms with Gasteiger partial charge in [0.1, 0.15) is 6.07 Å². The van der Waals surface area contributed by atoms with E-state index in [9.17, 15) is 8.78 Å². The fourth-order valence-corrected chi connectivity index (χ4v) is 0.693. The Morgan fingerprint density at radius 1 is 1.73 bits per heavy atom. The molecule has 58 valence electrons. The molecule has 0 aliphatic carbocycles. The van der Waals surface area contributed by atoms with Crippen LogP contribution in [0.3, 0.4) is 0 Å². The fourth-order valence-electron chi connectivity index (χ4n) is 0.693. The van der Waals surface area contributed by atoms with Gasteiger partial charge in [-0.05, 0) is 6.92 Å². The van der Waals surface area contributed by atoms with Gasteiger partial charge < -0.3 is 0 Å². The molecule has 3 nitrogen and oxygen atoms in total. The molecule has 0 bridgehead atoms. The SMILES string of the molecule is Cc1cn(C(F)F)nc1C#N. The van der Waals surface area contributed by atoms with Gasteiger partial charge >= 0.3 is 6.55 Å². The van der Waals surface area contributed by atoms with Crippen LogP contribution in [0.2, 0.25) is 0 Å². The van der Waals surface area contributed by atoms with Crippen molar-refractivity contribution in [2.45, 2.75) is 13.5 Å². The first-order valence-corrected chi connectivity index (χ1v) is 2.89. The van der Waals surface area contributed by atoms with Crippen LogP contribution in [0.15, 0.2) is 6.20 Å². The molecule has 1 aromatic heterocycles. The largest absolute Gasteiger partial charge is 0.333 e. The van der Waals surface area contributed by atoms with Crippen molar-refractivity contribution in [2.24, 2.45) is 0 Å². The van der Waals surface area contributed by atoms with Crippen molar-refractivity contribution in [3.05, 3.63) is 17.5 Å². The first-order valence-electron chi connectivity index (χ1n) is 2.89. The van der Waals surface area contributed by atoms with Crippen molar-refractivity contribution < 1.29 is 8.78 Å². The molecule has 0 saturated carbocycles. The Morgan fingerprint density at radius 2 is 2.36 bits per heavy atom. The molecule has 0 aliphatic heterocycles. The molecule has 0 N–H and O–H groups in total. The molecular weight excluding hydrogens is 152 g/mol. The third-order valence-corrected chi connectivity index (χ3v) is 1.22. The van der Waals surface area contributed by atoms with Crippen LogP contribution < -0.4 is 0 Å². The zero-order valence-electron chi connectivity index (χ0n) is 5.75. The maximum absolute atomic E-state index is 11.9. The van der Waals surface area contributed by atoms with Gasteiger partial charge in [-0.3, -0.25) is 0 Å². The highest BCUT2D eigenvalue weighted by Crippen LogP contribution is 2.11. The lowest BCUT2D eigenvalue weighted by Gasteiger charge is -1.94. The van der Waals surface area contributed by atoms with Crippen molar-refractivity contribution in [3.63, 3.8) is 0 Å². The minimum Gasteiger partial charge on any atom is -0.210 e. The van der Waals surface area contributed by atoms with E-state index in [1.807, 2.05) is 0 Å². The summed E-state index contributed by atoms with van der Waals surface area (Å²) in [4.78, 5) is 0. The molecule has 0 spiro atoms. The number of hydrogen-bond acceptors (Lipinski definition) is 2.